The molecule has 2 aromatic heterocycles. The van der Waals surface area contributed by atoms with Gasteiger partial charge in [-0.2, -0.15) is 4.31 Å². The Morgan fingerprint density at radius 2 is 1.61 bits per heavy atom. The molecular formula is C30H37N5O5S. The number of sulfonamides is 1. The molecule has 3 aliphatic heterocycles. The molecular weight excluding hydrogens is 542 g/mol. The Hall–Kier alpha value is -3.44. The van der Waals surface area contributed by atoms with E-state index in [1.165, 1.54) is 9.99 Å². The zero-order chi connectivity index (χ0) is 28.8. The van der Waals surface area contributed by atoms with Gasteiger partial charge in [-0.3, -0.25) is 9.78 Å². The highest BCUT2D eigenvalue weighted by Gasteiger charge is 2.41. The Bertz CT molecular complexity index is 1510. The molecule has 6 rings (SSSR count). The van der Waals surface area contributed by atoms with Gasteiger partial charge < -0.3 is 19.1 Å². The highest BCUT2D eigenvalue weighted by molar-refractivity contribution is 7.89. The van der Waals surface area contributed by atoms with Crippen molar-refractivity contribution in [2.45, 2.75) is 57.4 Å². The fraction of sp³-hybridized carbons (Fsp3) is 0.500. The fourth-order valence-corrected chi connectivity index (χ4v) is 8.57. The minimum atomic E-state index is -3.80. The van der Waals surface area contributed by atoms with E-state index >= 15 is 0 Å². The Morgan fingerprint density at radius 3 is 2.24 bits per heavy atom. The van der Waals surface area contributed by atoms with Crippen LogP contribution in [0.1, 0.15) is 58.6 Å². The van der Waals surface area contributed by atoms with Crippen LogP contribution < -0.4 is 9.64 Å². The van der Waals surface area contributed by atoms with Crippen LogP contribution >= 0.6 is 0 Å². The zero-order valence-corrected chi connectivity index (χ0v) is 24.7. The lowest BCUT2D eigenvalue weighted by Gasteiger charge is -2.47. The van der Waals surface area contributed by atoms with Gasteiger partial charge in [0.1, 0.15) is 11.5 Å². The van der Waals surface area contributed by atoms with E-state index in [1.54, 1.807) is 33.1 Å². The van der Waals surface area contributed by atoms with Crippen LogP contribution in [0.25, 0.3) is 0 Å². The summed E-state index contributed by atoms with van der Waals surface area (Å²) < 4.78 is 39.8. The number of benzene rings is 1. The SMILES string of the molecule is COc1cc(C)c(S(=O)(=O)N2CCc3onc(C(=O)N4CCC5(CC4)CCN(c4ccncc4)CC5)c3C2)c(C)c1. The number of aromatic nitrogens is 2. The van der Waals surface area contributed by atoms with Crippen LogP contribution in [0.3, 0.4) is 0 Å². The molecule has 0 atom stereocenters. The average Bonchev–Trinajstić information content (AvgIpc) is 3.41. The molecule has 2 saturated heterocycles. The Morgan fingerprint density at radius 1 is 0.976 bits per heavy atom. The van der Waals surface area contributed by atoms with E-state index in [2.05, 4.69) is 27.2 Å². The molecule has 2 fully saturated rings. The second-order valence-electron chi connectivity index (χ2n) is 11.6. The van der Waals surface area contributed by atoms with Crippen LogP contribution in [0.15, 0.2) is 46.1 Å². The summed E-state index contributed by atoms with van der Waals surface area (Å²) >= 11 is 0. The molecule has 41 heavy (non-hydrogen) atoms. The summed E-state index contributed by atoms with van der Waals surface area (Å²) in [6.07, 6.45) is 8.17. The first kappa shape index (κ1) is 27.7. The van der Waals surface area contributed by atoms with E-state index in [9.17, 15) is 13.2 Å². The number of piperidine rings is 2. The molecule has 3 aromatic rings. The fourth-order valence-electron chi connectivity index (χ4n) is 6.75. The van der Waals surface area contributed by atoms with Crippen molar-refractivity contribution >= 4 is 21.6 Å². The summed E-state index contributed by atoms with van der Waals surface area (Å²) in [4.78, 5) is 22.3. The van der Waals surface area contributed by atoms with Crippen LogP contribution in [0.5, 0.6) is 5.75 Å². The minimum Gasteiger partial charge on any atom is -0.497 e. The van der Waals surface area contributed by atoms with Crippen molar-refractivity contribution in [1.82, 2.24) is 19.3 Å². The zero-order valence-electron chi connectivity index (χ0n) is 23.9. The molecule has 0 saturated carbocycles. The van der Waals surface area contributed by atoms with Gasteiger partial charge in [0, 0.05) is 69.3 Å². The Kier molecular flexibility index (Phi) is 7.27. The van der Waals surface area contributed by atoms with Gasteiger partial charge in [-0.25, -0.2) is 8.42 Å². The number of anilines is 1. The maximum Gasteiger partial charge on any atom is 0.276 e. The number of aryl methyl sites for hydroxylation is 2. The van der Waals surface area contributed by atoms with Gasteiger partial charge in [0.2, 0.25) is 10.0 Å². The standard InChI is InChI=1S/C30H37N5O5S/c1-21-18-24(39-3)19-22(2)28(21)41(37,38)35-13-6-26-25(20-35)27(32-40-26)29(36)34-16-9-30(10-17-34)7-14-33(15-8-30)23-4-11-31-12-5-23/h4-5,11-12,18-19H,6-10,13-17,20H2,1-3H3. The number of carbonyl (C=O) groups is 1. The molecule has 0 aliphatic carbocycles. The predicted octanol–water partition coefficient (Wildman–Crippen LogP) is 3.96. The van der Waals surface area contributed by atoms with Crippen molar-refractivity contribution in [2.24, 2.45) is 5.41 Å². The smallest absolute Gasteiger partial charge is 0.276 e. The molecule has 3 aliphatic rings. The number of rotatable bonds is 5. The van der Waals surface area contributed by atoms with Gasteiger partial charge in [-0.1, -0.05) is 5.16 Å². The third kappa shape index (κ3) is 5.10. The van der Waals surface area contributed by atoms with Crippen LogP contribution in [0, 0.1) is 19.3 Å². The van der Waals surface area contributed by atoms with E-state index < -0.39 is 10.0 Å². The molecule has 0 N–H and O–H groups in total. The van der Waals surface area contributed by atoms with Gasteiger partial charge in [0.25, 0.3) is 5.91 Å². The topological polar surface area (TPSA) is 109 Å². The van der Waals surface area contributed by atoms with Crippen molar-refractivity contribution in [3.8, 4) is 5.75 Å². The summed E-state index contributed by atoms with van der Waals surface area (Å²) in [7, 11) is -2.24. The van der Waals surface area contributed by atoms with E-state index in [0.29, 0.717) is 47.7 Å². The lowest BCUT2D eigenvalue weighted by molar-refractivity contribution is 0.0505. The molecule has 11 heteroatoms. The summed E-state index contributed by atoms with van der Waals surface area (Å²) in [6.45, 7) is 7.24. The second kappa shape index (κ2) is 10.8. The van der Waals surface area contributed by atoms with E-state index in [1.807, 2.05) is 17.3 Å². The van der Waals surface area contributed by atoms with Gasteiger partial charge in [0.15, 0.2) is 5.69 Å². The van der Waals surface area contributed by atoms with E-state index in [0.717, 1.165) is 38.8 Å². The molecule has 1 amide bonds. The average molecular weight is 580 g/mol. The molecule has 10 nitrogen and oxygen atoms in total. The van der Waals surface area contributed by atoms with Crippen LogP contribution in [-0.4, -0.2) is 73.5 Å². The number of nitrogens with zero attached hydrogens (tertiary/aromatic N) is 5. The normalized spacial score (nSPS) is 19.3. The first-order valence-corrected chi connectivity index (χ1v) is 15.7. The molecule has 0 radical (unpaired) electrons. The Labute approximate surface area is 241 Å². The number of ether oxygens (including phenoxy) is 1. The first-order chi connectivity index (χ1) is 19.7. The number of hydrogen-bond acceptors (Lipinski definition) is 8. The number of fused-ring (bicyclic) bond motifs is 1. The van der Waals surface area contributed by atoms with Gasteiger partial charge in [-0.15, -0.1) is 0 Å². The van der Waals surface area contributed by atoms with Gasteiger partial charge in [-0.05, 0) is 80.3 Å². The third-order valence-corrected chi connectivity index (χ3v) is 11.4. The quantitative estimate of drug-likeness (QED) is 0.447. The number of likely N-dealkylation sites (tertiary alicyclic amines) is 1. The number of pyridine rings is 1. The summed E-state index contributed by atoms with van der Waals surface area (Å²) in [5, 5.41) is 4.15. The summed E-state index contributed by atoms with van der Waals surface area (Å²) in [6, 6.07) is 7.58. The third-order valence-electron chi connectivity index (χ3n) is 9.23. The van der Waals surface area contributed by atoms with Crippen molar-refractivity contribution in [2.75, 3.05) is 44.7 Å². The van der Waals surface area contributed by atoms with Crippen molar-refractivity contribution < 1.29 is 22.5 Å². The second-order valence-corrected chi connectivity index (χ2v) is 13.5. The maximum atomic E-state index is 13.8. The summed E-state index contributed by atoms with van der Waals surface area (Å²) in [5.41, 5.74) is 3.55. The van der Waals surface area contributed by atoms with Crippen LogP contribution in [0.2, 0.25) is 0 Å². The van der Waals surface area contributed by atoms with Crippen LogP contribution in [0.4, 0.5) is 5.69 Å². The summed E-state index contributed by atoms with van der Waals surface area (Å²) in [5.74, 6) is 1.05. The number of carbonyl (C=O) groups excluding carboxylic acids is 1. The lowest BCUT2D eigenvalue weighted by atomic mass is 9.71. The largest absolute Gasteiger partial charge is 0.497 e. The van der Waals surface area contributed by atoms with Crippen molar-refractivity contribution in [1.29, 1.82) is 0 Å². The molecule has 1 aromatic carbocycles. The van der Waals surface area contributed by atoms with E-state index in [-0.39, 0.29) is 35.0 Å². The predicted molar refractivity (Wildman–Crippen MR) is 154 cm³/mol. The molecule has 0 unspecified atom stereocenters. The van der Waals surface area contributed by atoms with Gasteiger partial charge >= 0.3 is 0 Å². The van der Waals surface area contributed by atoms with Gasteiger partial charge in [0.05, 0.1) is 12.0 Å². The molecule has 5 heterocycles. The Balaban J connectivity index is 1.13. The van der Waals surface area contributed by atoms with Crippen molar-refractivity contribution in [3.05, 3.63) is 64.8 Å². The maximum absolute atomic E-state index is 13.8. The molecule has 218 valence electrons. The molecule has 1 spiro atoms. The highest BCUT2D eigenvalue weighted by Crippen LogP contribution is 2.42. The number of methoxy groups -OCH3 is 1. The minimum absolute atomic E-state index is 0.0652. The highest BCUT2D eigenvalue weighted by atomic mass is 32.2. The van der Waals surface area contributed by atoms with Crippen molar-refractivity contribution in [3.63, 3.8) is 0 Å². The monoisotopic (exact) mass is 579 g/mol. The number of hydrogen-bond donors (Lipinski definition) is 0. The van der Waals surface area contributed by atoms with E-state index in [4.69, 9.17) is 9.26 Å². The first-order valence-electron chi connectivity index (χ1n) is 14.3. The number of amides is 1. The lowest BCUT2D eigenvalue weighted by Crippen LogP contribution is -2.48. The van der Waals surface area contributed by atoms with Crippen LogP contribution in [-0.2, 0) is 23.0 Å². The molecule has 0 bridgehead atoms.